The molecule has 5 heteroatoms. The van der Waals surface area contributed by atoms with Gasteiger partial charge in [-0.15, -0.1) is 0 Å². The number of hydrogen-bond donors (Lipinski definition) is 0. The largest absolute Gasteiger partial charge is 0.493 e. The van der Waals surface area contributed by atoms with Crippen LogP contribution in [-0.2, 0) is 9.53 Å². The van der Waals surface area contributed by atoms with Crippen LogP contribution in [-0.4, -0.2) is 33.1 Å². The van der Waals surface area contributed by atoms with Crippen molar-refractivity contribution in [3.8, 4) is 11.5 Å². The molecule has 0 saturated carbocycles. The third-order valence-electron chi connectivity index (χ3n) is 2.24. The summed E-state index contributed by atoms with van der Waals surface area (Å²) in [4.78, 5) is 22.6. The second-order valence-electron chi connectivity index (χ2n) is 3.29. The SMILES string of the molecule is COC(=O)/C=C/C(=O)c1ccc(OC)c(OC)c1. The molecule has 18 heavy (non-hydrogen) atoms. The van der Waals surface area contributed by atoms with Gasteiger partial charge in [-0.3, -0.25) is 4.79 Å². The first kappa shape index (κ1) is 13.8. The number of allylic oxidation sites excluding steroid dienone is 1. The van der Waals surface area contributed by atoms with Crippen molar-refractivity contribution < 1.29 is 23.8 Å². The number of hydrogen-bond acceptors (Lipinski definition) is 5. The van der Waals surface area contributed by atoms with Gasteiger partial charge in [-0.05, 0) is 24.3 Å². The van der Waals surface area contributed by atoms with E-state index in [4.69, 9.17) is 9.47 Å². The van der Waals surface area contributed by atoms with Crippen molar-refractivity contribution in [1.29, 1.82) is 0 Å². The molecule has 0 radical (unpaired) electrons. The molecule has 1 rings (SSSR count). The molecular formula is C13H14O5. The van der Waals surface area contributed by atoms with E-state index in [1.165, 1.54) is 21.3 Å². The molecule has 0 bridgehead atoms. The highest BCUT2D eigenvalue weighted by Gasteiger charge is 2.08. The zero-order valence-corrected chi connectivity index (χ0v) is 10.4. The van der Waals surface area contributed by atoms with Gasteiger partial charge < -0.3 is 14.2 Å². The van der Waals surface area contributed by atoms with E-state index >= 15 is 0 Å². The van der Waals surface area contributed by atoms with Gasteiger partial charge >= 0.3 is 5.97 Å². The van der Waals surface area contributed by atoms with Crippen LogP contribution in [0.5, 0.6) is 11.5 Å². The Hall–Kier alpha value is -2.30. The monoisotopic (exact) mass is 250 g/mol. The Labute approximate surface area is 105 Å². The van der Waals surface area contributed by atoms with E-state index in [-0.39, 0.29) is 5.78 Å². The van der Waals surface area contributed by atoms with Crippen molar-refractivity contribution in [1.82, 2.24) is 0 Å². The van der Waals surface area contributed by atoms with Gasteiger partial charge in [0.15, 0.2) is 17.3 Å². The smallest absolute Gasteiger partial charge is 0.330 e. The molecule has 0 aliphatic rings. The Kier molecular flexibility index (Phi) is 4.92. The molecule has 0 amide bonds. The number of carbonyl (C=O) groups is 2. The molecule has 0 fully saturated rings. The van der Waals surface area contributed by atoms with Crippen molar-refractivity contribution in [2.24, 2.45) is 0 Å². The molecule has 0 heterocycles. The first-order valence-corrected chi connectivity index (χ1v) is 5.14. The van der Waals surface area contributed by atoms with Crippen LogP contribution in [0.25, 0.3) is 0 Å². The molecule has 5 nitrogen and oxygen atoms in total. The Morgan fingerprint density at radius 2 is 1.67 bits per heavy atom. The van der Waals surface area contributed by atoms with Crippen LogP contribution < -0.4 is 9.47 Å². The lowest BCUT2D eigenvalue weighted by Gasteiger charge is -2.07. The minimum Gasteiger partial charge on any atom is -0.493 e. The summed E-state index contributed by atoms with van der Waals surface area (Å²) in [5.74, 6) is 0.0889. The first-order valence-electron chi connectivity index (χ1n) is 5.14. The maximum Gasteiger partial charge on any atom is 0.330 e. The predicted octanol–water partition coefficient (Wildman–Crippen LogP) is 1.62. The van der Waals surface area contributed by atoms with E-state index in [0.717, 1.165) is 12.2 Å². The molecule has 0 unspecified atom stereocenters. The highest BCUT2D eigenvalue weighted by molar-refractivity contribution is 6.07. The van der Waals surface area contributed by atoms with Gasteiger partial charge in [0.25, 0.3) is 0 Å². The Morgan fingerprint density at radius 1 is 1.00 bits per heavy atom. The van der Waals surface area contributed by atoms with Crippen LogP contribution in [0.2, 0.25) is 0 Å². The quantitative estimate of drug-likeness (QED) is 0.451. The fourth-order valence-electron chi connectivity index (χ4n) is 1.30. The number of rotatable bonds is 5. The van der Waals surface area contributed by atoms with Gasteiger partial charge in [0.1, 0.15) is 0 Å². The fourth-order valence-corrected chi connectivity index (χ4v) is 1.30. The second kappa shape index (κ2) is 6.44. The summed E-state index contributed by atoms with van der Waals surface area (Å²) in [5.41, 5.74) is 0.396. The van der Waals surface area contributed by atoms with Crippen LogP contribution in [0.4, 0.5) is 0 Å². The van der Waals surface area contributed by atoms with Crippen molar-refractivity contribution in [3.63, 3.8) is 0 Å². The molecule has 96 valence electrons. The zero-order valence-electron chi connectivity index (χ0n) is 10.4. The van der Waals surface area contributed by atoms with Gasteiger partial charge in [-0.1, -0.05) is 0 Å². The summed E-state index contributed by atoms with van der Waals surface area (Å²) >= 11 is 0. The lowest BCUT2D eigenvalue weighted by Crippen LogP contribution is -2.00. The number of methoxy groups -OCH3 is 3. The second-order valence-corrected chi connectivity index (χ2v) is 3.29. The molecule has 0 N–H and O–H groups in total. The van der Waals surface area contributed by atoms with Gasteiger partial charge in [0.05, 0.1) is 21.3 Å². The van der Waals surface area contributed by atoms with E-state index in [0.29, 0.717) is 17.1 Å². The Bertz CT molecular complexity index is 476. The van der Waals surface area contributed by atoms with Gasteiger partial charge in [-0.2, -0.15) is 0 Å². The third-order valence-corrected chi connectivity index (χ3v) is 2.24. The summed E-state index contributed by atoms with van der Waals surface area (Å²) in [6.07, 6.45) is 2.21. The zero-order chi connectivity index (χ0) is 13.5. The molecule has 1 aromatic rings. The average Bonchev–Trinajstić information content (AvgIpc) is 2.43. The van der Waals surface area contributed by atoms with Gasteiger partial charge in [-0.25, -0.2) is 4.79 Å². The maximum absolute atomic E-state index is 11.7. The van der Waals surface area contributed by atoms with E-state index in [1.807, 2.05) is 0 Å². The normalized spacial score (nSPS) is 10.2. The van der Waals surface area contributed by atoms with Gasteiger partial charge in [0.2, 0.25) is 0 Å². The van der Waals surface area contributed by atoms with E-state index in [1.54, 1.807) is 18.2 Å². The lowest BCUT2D eigenvalue weighted by atomic mass is 10.1. The molecule has 0 aliphatic carbocycles. The minimum absolute atomic E-state index is 0.318. The predicted molar refractivity (Wildman–Crippen MR) is 65.0 cm³/mol. The summed E-state index contributed by atoms with van der Waals surface area (Å²) in [6.45, 7) is 0. The first-order chi connectivity index (χ1) is 8.62. The molecule has 1 aromatic carbocycles. The minimum atomic E-state index is -0.580. The van der Waals surface area contributed by atoms with Crippen LogP contribution in [0.3, 0.4) is 0 Å². The number of ketones is 1. The number of esters is 1. The van der Waals surface area contributed by atoms with Crippen molar-refractivity contribution in [2.45, 2.75) is 0 Å². The van der Waals surface area contributed by atoms with Crippen LogP contribution in [0.15, 0.2) is 30.4 Å². The van der Waals surface area contributed by atoms with E-state index in [2.05, 4.69) is 4.74 Å². The number of ether oxygens (including phenoxy) is 3. The van der Waals surface area contributed by atoms with Crippen LogP contribution in [0, 0.1) is 0 Å². The molecule has 0 saturated heterocycles. The van der Waals surface area contributed by atoms with Crippen LogP contribution >= 0.6 is 0 Å². The molecule has 0 spiro atoms. The van der Waals surface area contributed by atoms with Gasteiger partial charge in [0, 0.05) is 11.6 Å². The molecule has 0 atom stereocenters. The summed E-state index contributed by atoms with van der Waals surface area (Å²) < 4.78 is 14.5. The van der Waals surface area contributed by atoms with Crippen LogP contribution in [0.1, 0.15) is 10.4 Å². The highest BCUT2D eigenvalue weighted by atomic mass is 16.5. The standard InChI is InChI=1S/C13H14O5/c1-16-11-6-4-9(8-12(11)17-2)10(14)5-7-13(15)18-3/h4-8H,1-3H3/b7-5+. The van der Waals surface area contributed by atoms with Crippen molar-refractivity contribution in [3.05, 3.63) is 35.9 Å². The number of carbonyl (C=O) groups excluding carboxylic acids is 2. The summed E-state index contributed by atoms with van der Waals surface area (Å²) in [5, 5.41) is 0. The average molecular weight is 250 g/mol. The van der Waals surface area contributed by atoms with E-state index < -0.39 is 5.97 Å². The Morgan fingerprint density at radius 3 is 2.22 bits per heavy atom. The van der Waals surface area contributed by atoms with Crippen molar-refractivity contribution >= 4 is 11.8 Å². The molecule has 0 aromatic heterocycles. The lowest BCUT2D eigenvalue weighted by molar-refractivity contribution is -0.134. The number of benzene rings is 1. The highest BCUT2D eigenvalue weighted by Crippen LogP contribution is 2.27. The summed E-state index contributed by atoms with van der Waals surface area (Å²) in [6, 6.07) is 4.76. The van der Waals surface area contributed by atoms with Crippen molar-refractivity contribution in [2.75, 3.05) is 21.3 Å². The fraction of sp³-hybridized carbons (Fsp3) is 0.231. The maximum atomic E-state index is 11.7. The summed E-state index contributed by atoms with van der Waals surface area (Å²) in [7, 11) is 4.24. The Balaban J connectivity index is 2.93. The topological polar surface area (TPSA) is 61.8 Å². The third kappa shape index (κ3) is 3.35. The molecule has 0 aliphatic heterocycles. The van der Waals surface area contributed by atoms with E-state index in [9.17, 15) is 9.59 Å². The molecular weight excluding hydrogens is 236 g/mol.